The van der Waals surface area contributed by atoms with Crippen molar-refractivity contribution in [1.82, 2.24) is 10.6 Å². The first-order valence-corrected chi connectivity index (χ1v) is 11.2. The third kappa shape index (κ3) is 11.4. The van der Waals surface area contributed by atoms with Gasteiger partial charge >= 0.3 is 30.0 Å². The number of carboxylic acid groups (broad SMARTS) is 1. The lowest BCUT2D eigenvalue weighted by Crippen LogP contribution is -2.67. The van der Waals surface area contributed by atoms with Crippen LogP contribution in [0.15, 0.2) is 0 Å². The van der Waals surface area contributed by atoms with Gasteiger partial charge in [-0.2, -0.15) is 0 Å². The van der Waals surface area contributed by atoms with E-state index in [-0.39, 0.29) is 0 Å². The smallest absolute Gasteiger partial charge is 0.408 e. The number of carboxylic acids is 1. The number of nitrogens with one attached hydrogen (secondary N) is 2. The lowest BCUT2D eigenvalue weighted by atomic mass is 9.96. The maximum atomic E-state index is 12.1. The quantitative estimate of drug-likeness (QED) is 0.242. The molecule has 0 radical (unpaired) electrons. The summed E-state index contributed by atoms with van der Waals surface area (Å²) in [5.41, 5.74) is -0.899. The van der Waals surface area contributed by atoms with E-state index in [0.717, 1.165) is 27.7 Å². The second-order valence-electron chi connectivity index (χ2n) is 9.09. The summed E-state index contributed by atoms with van der Waals surface area (Å²) in [6.45, 7) is 8.06. The molecule has 210 valence electrons. The number of ether oxygens (including phenoxy) is 6. The lowest BCUT2D eigenvalue weighted by Gasteiger charge is -2.45. The summed E-state index contributed by atoms with van der Waals surface area (Å²) in [5.74, 6) is -4.36. The molecule has 1 heterocycles. The number of esters is 3. The summed E-state index contributed by atoms with van der Waals surface area (Å²) in [6, 6.07) is -2.91. The van der Waals surface area contributed by atoms with Crippen molar-refractivity contribution in [3.63, 3.8) is 0 Å². The summed E-state index contributed by atoms with van der Waals surface area (Å²) in [5, 5.41) is 14.1. The molecule has 3 N–H and O–H groups in total. The monoisotopic (exact) mass is 534 g/mol. The summed E-state index contributed by atoms with van der Waals surface area (Å²) < 4.78 is 32.0. The highest BCUT2D eigenvalue weighted by atomic mass is 16.7. The van der Waals surface area contributed by atoms with Gasteiger partial charge in [0.15, 0.2) is 24.5 Å². The van der Waals surface area contributed by atoms with E-state index in [2.05, 4.69) is 10.6 Å². The Morgan fingerprint density at radius 1 is 0.919 bits per heavy atom. The summed E-state index contributed by atoms with van der Waals surface area (Å²) in [6.07, 6.45) is -6.48. The van der Waals surface area contributed by atoms with Gasteiger partial charge in [-0.05, 0) is 20.8 Å². The number of rotatable bonds is 10. The number of alkyl carbamates (subject to hydrolysis) is 1. The van der Waals surface area contributed by atoms with Crippen LogP contribution in [0.4, 0.5) is 4.79 Å². The van der Waals surface area contributed by atoms with Gasteiger partial charge in [0.05, 0.1) is 6.61 Å². The molecule has 1 unspecified atom stereocenters. The van der Waals surface area contributed by atoms with Crippen molar-refractivity contribution in [1.29, 1.82) is 0 Å². The van der Waals surface area contributed by atoms with Crippen LogP contribution in [-0.2, 0) is 52.4 Å². The van der Waals surface area contributed by atoms with E-state index in [9.17, 15) is 33.9 Å². The average Bonchev–Trinajstić information content (AvgIpc) is 2.70. The van der Waals surface area contributed by atoms with Crippen LogP contribution in [0.1, 0.15) is 48.5 Å². The standard InChI is InChI=1S/C22H34N2O13/c1-10(25)23-16-18(35-13(4)28)17(34-12(3)27)15(9-32-11(2)26)36-20(16)33-8-14(19(29)30)24-21(31)37-22(5,6)7/h14-18,20H,8-9H2,1-7H3,(H,23,25)(H,24,31)(H,29,30)/t14?,15-,16-,17-,18-,20-/m1/s1. The molecule has 0 aromatic carbocycles. The minimum atomic E-state index is -1.61. The maximum absolute atomic E-state index is 12.1. The Kier molecular flexibility index (Phi) is 11.7. The zero-order valence-corrected chi connectivity index (χ0v) is 21.7. The zero-order chi connectivity index (χ0) is 28.5. The predicted octanol–water partition coefficient (Wildman–Crippen LogP) is -0.363. The molecule has 1 rings (SSSR count). The van der Waals surface area contributed by atoms with Gasteiger partial charge in [0.1, 0.15) is 24.4 Å². The van der Waals surface area contributed by atoms with E-state index in [1.54, 1.807) is 20.8 Å². The first-order valence-electron chi connectivity index (χ1n) is 11.2. The number of hydrogen-bond acceptors (Lipinski definition) is 12. The van der Waals surface area contributed by atoms with Crippen molar-refractivity contribution in [3.05, 3.63) is 0 Å². The molecule has 0 saturated carbocycles. The Morgan fingerprint density at radius 2 is 1.49 bits per heavy atom. The van der Waals surface area contributed by atoms with Gasteiger partial charge < -0.3 is 44.2 Å². The predicted molar refractivity (Wildman–Crippen MR) is 121 cm³/mol. The van der Waals surface area contributed by atoms with Gasteiger partial charge in [-0.1, -0.05) is 0 Å². The molecule has 2 amide bonds. The number of aliphatic carboxylic acids is 1. The Labute approximate surface area is 213 Å². The van der Waals surface area contributed by atoms with Crippen LogP contribution in [0, 0.1) is 0 Å². The third-order valence-corrected chi connectivity index (χ3v) is 4.49. The first kappa shape index (κ1) is 31.6. The van der Waals surface area contributed by atoms with Crippen molar-refractivity contribution in [2.75, 3.05) is 13.2 Å². The molecule has 1 aliphatic rings. The van der Waals surface area contributed by atoms with Crippen molar-refractivity contribution >= 4 is 35.9 Å². The highest BCUT2D eigenvalue weighted by molar-refractivity contribution is 5.80. The van der Waals surface area contributed by atoms with Gasteiger partial charge in [-0.25, -0.2) is 9.59 Å². The normalized spacial score (nSPS) is 24.1. The minimum Gasteiger partial charge on any atom is -0.480 e. The van der Waals surface area contributed by atoms with Crippen molar-refractivity contribution in [2.24, 2.45) is 0 Å². The molecule has 0 aromatic heterocycles. The van der Waals surface area contributed by atoms with E-state index in [0.29, 0.717) is 0 Å². The van der Waals surface area contributed by atoms with Gasteiger partial charge in [0.2, 0.25) is 5.91 Å². The van der Waals surface area contributed by atoms with E-state index in [1.165, 1.54) is 0 Å². The number of amides is 2. The fraction of sp³-hybridized carbons (Fsp3) is 0.727. The van der Waals surface area contributed by atoms with Crippen LogP contribution < -0.4 is 10.6 Å². The van der Waals surface area contributed by atoms with Crippen LogP contribution >= 0.6 is 0 Å². The summed E-state index contributed by atoms with van der Waals surface area (Å²) >= 11 is 0. The topological polar surface area (TPSA) is 202 Å². The molecular weight excluding hydrogens is 500 g/mol. The highest BCUT2D eigenvalue weighted by Gasteiger charge is 2.51. The van der Waals surface area contributed by atoms with Crippen LogP contribution in [-0.4, -0.2) is 96.5 Å². The average molecular weight is 535 g/mol. The first-order chi connectivity index (χ1) is 17.0. The molecule has 15 nitrogen and oxygen atoms in total. The second-order valence-corrected chi connectivity index (χ2v) is 9.09. The van der Waals surface area contributed by atoms with Crippen molar-refractivity contribution in [2.45, 2.75) is 90.8 Å². The molecule has 1 fully saturated rings. The van der Waals surface area contributed by atoms with Crippen LogP contribution in [0.25, 0.3) is 0 Å². The number of hydrogen-bond donors (Lipinski definition) is 3. The Hall–Kier alpha value is -3.46. The molecule has 37 heavy (non-hydrogen) atoms. The Balaban J connectivity index is 3.27. The van der Waals surface area contributed by atoms with E-state index in [4.69, 9.17) is 28.4 Å². The third-order valence-electron chi connectivity index (χ3n) is 4.49. The van der Waals surface area contributed by atoms with Gasteiger partial charge in [0.25, 0.3) is 0 Å². The molecule has 0 aromatic rings. The SMILES string of the molecule is CC(=O)N[C@H]1[C@H](OCC(NC(=O)OC(C)(C)C)C(=O)O)O[C@H](COC(C)=O)[C@@H](OC(C)=O)[C@@H]1OC(C)=O. The largest absolute Gasteiger partial charge is 0.480 e. The van der Waals surface area contributed by atoms with Gasteiger partial charge in [-0.3, -0.25) is 19.2 Å². The molecule has 1 saturated heterocycles. The second kappa shape index (κ2) is 13.7. The molecule has 1 aliphatic heterocycles. The van der Waals surface area contributed by atoms with E-state index < -0.39 is 91.4 Å². The van der Waals surface area contributed by atoms with Gasteiger partial charge in [0, 0.05) is 27.7 Å². The molecule has 0 spiro atoms. The molecule has 6 atom stereocenters. The number of carbonyl (C=O) groups is 6. The Bertz CT molecular complexity index is 869. The number of carbonyl (C=O) groups excluding carboxylic acids is 5. The summed E-state index contributed by atoms with van der Waals surface area (Å²) in [7, 11) is 0. The molecule has 0 aliphatic carbocycles. The van der Waals surface area contributed by atoms with Crippen molar-refractivity contribution < 1.29 is 62.3 Å². The lowest BCUT2D eigenvalue weighted by molar-refractivity contribution is -0.278. The van der Waals surface area contributed by atoms with E-state index in [1.807, 2.05) is 0 Å². The highest BCUT2D eigenvalue weighted by Crippen LogP contribution is 2.28. The minimum absolute atomic E-state index is 0.462. The molecular formula is C22H34N2O13. The summed E-state index contributed by atoms with van der Waals surface area (Å²) in [4.78, 5) is 70.7. The zero-order valence-electron chi connectivity index (χ0n) is 21.7. The van der Waals surface area contributed by atoms with Crippen LogP contribution in [0.5, 0.6) is 0 Å². The van der Waals surface area contributed by atoms with E-state index >= 15 is 0 Å². The van der Waals surface area contributed by atoms with Crippen molar-refractivity contribution in [3.8, 4) is 0 Å². The molecule has 0 bridgehead atoms. The fourth-order valence-corrected chi connectivity index (χ4v) is 3.25. The molecule has 15 heteroatoms. The maximum Gasteiger partial charge on any atom is 0.408 e. The van der Waals surface area contributed by atoms with Crippen LogP contribution in [0.2, 0.25) is 0 Å². The van der Waals surface area contributed by atoms with Crippen LogP contribution in [0.3, 0.4) is 0 Å². The Morgan fingerprint density at radius 3 is 1.95 bits per heavy atom. The van der Waals surface area contributed by atoms with Gasteiger partial charge in [-0.15, -0.1) is 0 Å². The fourth-order valence-electron chi connectivity index (χ4n) is 3.25.